The maximum Gasteiger partial charge on any atom is 0.312 e. The summed E-state index contributed by atoms with van der Waals surface area (Å²) in [6.45, 7) is 0. The predicted octanol–water partition coefficient (Wildman–Crippen LogP) is 4.79. The van der Waals surface area contributed by atoms with Crippen molar-refractivity contribution < 1.29 is 42.7 Å². The van der Waals surface area contributed by atoms with Gasteiger partial charge in [0.2, 0.25) is 5.78 Å². The van der Waals surface area contributed by atoms with Crippen molar-refractivity contribution in [1.29, 1.82) is 0 Å². The average molecular weight is 519 g/mol. The van der Waals surface area contributed by atoms with Crippen LogP contribution < -0.4 is 33.2 Å². The molecule has 0 N–H and O–H groups in total. The highest BCUT2D eigenvalue weighted by molar-refractivity contribution is 6.15. The second kappa shape index (κ2) is 10.0. The predicted molar refractivity (Wildman–Crippen MR) is 137 cm³/mol. The zero-order valence-corrected chi connectivity index (χ0v) is 21.6. The summed E-state index contributed by atoms with van der Waals surface area (Å²) in [7, 11) is 7.67. The molecule has 0 aliphatic carbocycles. The quantitative estimate of drug-likeness (QED) is 0.248. The second-order valence-corrected chi connectivity index (χ2v) is 8.59. The van der Waals surface area contributed by atoms with E-state index in [4.69, 9.17) is 33.2 Å². The number of hydrogen-bond donors (Lipinski definition) is 0. The standard InChI is InChI=1S/C29H26O9/c1-32-19-8-6-15(10-22(19)34-3)18-13-26(30)37-20-9-7-17-28(31)25(38-29(17)27(18)20)12-16-11-23(35-4)24(36-5)14-21(16)33-2/h6-12,14,18H,13H2,1-5H3/b25-12+/t18-/m1/s1. The Kier molecular flexibility index (Phi) is 6.59. The molecular formula is C29H26O9. The minimum Gasteiger partial charge on any atom is -0.496 e. The summed E-state index contributed by atoms with van der Waals surface area (Å²) in [6, 6.07) is 12.1. The van der Waals surface area contributed by atoms with Gasteiger partial charge in [0.15, 0.2) is 28.8 Å². The molecule has 0 spiro atoms. The molecule has 0 radical (unpaired) electrons. The molecule has 5 rings (SSSR count). The van der Waals surface area contributed by atoms with E-state index in [1.807, 2.05) is 12.1 Å². The van der Waals surface area contributed by atoms with Crippen molar-refractivity contribution in [1.82, 2.24) is 0 Å². The topological polar surface area (TPSA) is 98.8 Å². The number of carbonyl (C=O) groups excluding carboxylic acids is 2. The van der Waals surface area contributed by atoms with Gasteiger partial charge in [0.05, 0.1) is 47.5 Å². The summed E-state index contributed by atoms with van der Waals surface area (Å²) < 4.78 is 38.8. The van der Waals surface area contributed by atoms with Crippen LogP contribution in [-0.2, 0) is 4.79 Å². The molecule has 196 valence electrons. The fourth-order valence-corrected chi connectivity index (χ4v) is 4.77. The Hall–Kier alpha value is -4.66. The van der Waals surface area contributed by atoms with Crippen LogP contribution in [0.15, 0.2) is 48.2 Å². The van der Waals surface area contributed by atoms with Crippen LogP contribution in [0.2, 0.25) is 0 Å². The Bertz CT molecular complexity index is 1470. The number of fused-ring (bicyclic) bond motifs is 3. The molecule has 0 bridgehead atoms. The lowest BCUT2D eigenvalue weighted by Gasteiger charge is -2.26. The third kappa shape index (κ3) is 4.15. The lowest BCUT2D eigenvalue weighted by Crippen LogP contribution is -2.21. The Labute approximate surface area is 219 Å². The van der Waals surface area contributed by atoms with Crippen LogP contribution in [0.4, 0.5) is 0 Å². The van der Waals surface area contributed by atoms with Gasteiger partial charge in [-0.1, -0.05) is 6.07 Å². The van der Waals surface area contributed by atoms with E-state index in [2.05, 4.69) is 0 Å². The molecule has 2 aliphatic rings. The van der Waals surface area contributed by atoms with E-state index in [1.165, 1.54) is 21.3 Å². The highest BCUT2D eigenvalue weighted by atomic mass is 16.5. The van der Waals surface area contributed by atoms with E-state index in [9.17, 15) is 9.59 Å². The highest BCUT2D eigenvalue weighted by Crippen LogP contribution is 2.50. The van der Waals surface area contributed by atoms with Gasteiger partial charge < -0.3 is 33.2 Å². The maximum atomic E-state index is 13.4. The zero-order valence-electron chi connectivity index (χ0n) is 21.6. The molecule has 0 saturated carbocycles. The summed E-state index contributed by atoms with van der Waals surface area (Å²) in [5.74, 6) is 2.21. The van der Waals surface area contributed by atoms with Crippen molar-refractivity contribution in [2.45, 2.75) is 12.3 Å². The third-order valence-corrected chi connectivity index (χ3v) is 6.61. The molecule has 2 aliphatic heterocycles. The molecule has 0 fully saturated rings. The van der Waals surface area contributed by atoms with Gasteiger partial charge in [0.25, 0.3) is 0 Å². The number of Topliss-reactive ketones (excluding diaryl/α,β-unsaturated/α-hetero) is 1. The SMILES string of the molecule is COc1cc(OC)c(OC)cc1/C=C1/Oc2c(ccc3c2[C@@H](c2ccc(OC)c(OC)c2)CC(=O)O3)C1=O. The van der Waals surface area contributed by atoms with Crippen molar-refractivity contribution in [3.8, 4) is 40.2 Å². The number of esters is 1. The minimum absolute atomic E-state index is 0.0685. The number of carbonyl (C=O) groups is 2. The fourth-order valence-electron chi connectivity index (χ4n) is 4.77. The largest absolute Gasteiger partial charge is 0.496 e. The lowest BCUT2D eigenvalue weighted by molar-refractivity contribution is -0.135. The van der Waals surface area contributed by atoms with Crippen LogP contribution in [0.25, 0.3) is 6.08 Å². The van der Waals surface area contributed by atoms with Gasteiger partial charge in [0, 0.05) is 23.1 Å². The van der Waals surface area contributed by atoms with Gasteiger partial charge in [-0.15, -0.1) is 0 Å². The van der Waals surface area contributed by atoms with E-state index in [1.54, 1.807) is 50.6 Å². The smallest absolute Gasteiger partial charge is 0.312 e. The summed E-state index contributed by atoms with van der Waals surface area (Å²) in [5, 5.41) is 0. The first kappa shape index (κ1) is 25.0. The van der Waals surface area contributed by atoms with Gasteiger partial charge in [-0.25, -0.2) is 0 Å². The number of allylic oxidation sites excluding steroid dienone is 1. The molecule has 3 aromatic rings. The van der Waals surface area contributed by atoms with Crippen LogP contribution in [0.5, 0.6) is 40.2 Å². The molecule has 0 aromatic heterocycles. The Morgan fingerprint density at radius 1 is 0.737 bits per heavy atom. The van der Waals surface area contributed by atoms with E-state index in [-0.39, 0.29) is 23.9 Å². The van der Waals surface area contributed by atoms with E-state index in [0.717, 1.165) is 5.56 Å². The number of benzene rings is 3. The van der Waals surface area contributed by atoms with Crippen molar-refractivity contribution in [2.24, 2.45) is 0 Å². The van der Waals surface area contributed by atoms with Crippen LogP contribution in [-0.4, -0.2) is 47.3 Å². The Balaban J connectivity index is 1.60. The number of methoxy groups -OCH3 is 5. The first-order chi connectivity index (χ1) is 18.4. The van der Waals surface area contributed by atoms with Gasteiger partial charge in [-0.2, -0.15) is 0 Å². The average Bonchev–Trinajstić information content (AvgIpc) is 3.26. The molecule has 2 heterocycles. The molecule has 0 saturated heterocycles. The van der Waals surface area contributed by atoms with Gasteiger partial charge >= 0.3 is 5.97 Å². The zero-order chi connectivity index (χ0) is 27.0. The minimum atomic E-state index is -0.427. The third-order valence-electron chi connectivity index (χ3n) is 6.61. The fraction of sp³-hybridized carbons (Fsp3) is 0.241. The van der Waals surface area contributed by atoms with Crippen molar-refractivity contribution >= 4 is 17.8 Å². The number of rotatable bonds is 7. The molecule has 9 heteroatoms. The molecule has 1 atom stereocenters. The van der Waals surface area contributed by atoms with Crippen LogP contribution in [0.3, 0.4) is 0 Å². The Morgan fingerprint density at radius 2 is 1.39 bits per heavy atom. The lowest BCUT2D eigenvalue weighted by atomic mass is 9.84. The second-order valence-electron chi connectivity index (χ2n) is 8.59. The first-order valence-corrected chi connectivity index (χ1v) is 11.8. The first-order valence-electron chi connectivity index (χ1n) is 11.8. The summed E-state index contributed by atoms with van der Waals surface area (Å²) in [5.41, 5.74) is 2.35. The number of hydrogen-bond acceptors (Lipinski definition) is 9. The Morgan fingerprint density at radius 3 is 2.08 bits per heavy atom. The van der Waals surface area contributed by atoms with Crippen molar-refractivity contribution in [3.63, 3.8) is 0 Å². The number of ketones is 1. The molecule has 9 nitrogen and oxygen atoms in total. The molecular weight excluding hydrogens is 492 g/mol. The molecule has 3 aromatic carbocycles. The molecule has 0 unspecified atom stereocenters. The van der Waals surface area contributed by atoms with E-state index < -0.39 is 5.92 Å². The van der Waals surface area contributed by atoms with Crippen molar-refractivity contribution in [2.75, 3.05) is 35.5 Å². The highest BCUT2D eigenvalue weighted by Gasteiger charge is 2.39. The monoisotopic (exact) mass is 518 g/mol. The number of ether oxygens (including phenoxy) is 7. The van der Waals surface area contributed by atoms with E-state index >= 15 is 0 Å². The normalized spacial score (nSPS) is 16.8. The van der Waals surface area contributed by atoms with Crippen LogP contribution in [0.1, 0.15) is 39.4 Å². The molecule has 0 amide bonds. The van der Waals surface area contributed by atoms with Gasteiger partial charge in [-0.3, -0.25) is 9.59 Å². The van der Waals surface area contributed by atoms with E-state index in [0.29, 0.717) is 56.9 Å². The van der Waals surface area contributed by atoms with Crippen molar-refractivity contribution in [3.05, 3.63) is 70.5 Å². The summed E-state index contributed by atoms with van der Waals surface area (Å²) in [6.07, 6.45) is 1.66. The van der Waals surface area contributed by atoms with Gasteiger partial charge in [-0.05, 0) is 42.0 Å². The van der Waals surface area contributed by atoms with Crippen LogP contribution in [0, 0.1) is 0 Å². The summed E-state index contributed by atoms with van der Waals surface area (Å²) >= 11 is 0. The summed E-state index contributed by atoms with van der Waals surface area (Å²) in [4.78, 5) is 25.9. The van der Waals surface area contributed by atoms with Crippen LogP contribution >= 0.6 is 0 Å². The molecule has 38 heavy (non-hydrogen) atoms. The van der Waals surface area contributed by atoms with Gasteiger partial charge in [0.1, 0.15) is 17.2 Å². The maximum absolute atomic E-state index is 13.4.